The summed E-state index contributed by atoms with van der Waals surface area (Å²) in [6.45, 7) is 4.96. The van der Waals surface area contributed by atoms with Crippen LogP contribution in [-0.4, -0.2) is 28.7 Å². The second kappa shape index (κ2) is 6.93. The number of hydrogen-bond donors (Lipinski definition) is 0. The molecule has 0 unspecified atom stereocenters. The average Bonchev–Trinajstić information content (AvgIpc) is 2.91. The van der Waals surface area contributed by atoms with Gasteiger partial charge >= 0.3 is 0 Å². The highest BCUT2D eigenvalue weighted by Gasteiger charge is 2.24. The summed E-state index contributed by atoms with van der Waals surface area (Å²) in [5.74, 6) is 0.0584. The van der Waals surface area contributed by atoms with Gasteiger partial charge in [-0.2, -0.15) is 0 Å². The van der Waals surface area contributed by atoms with Crippen LogP contribution in [-0.2, 0) is 0 Å². The lowest BCUT2D eigenvalue weighted by Crippen LogP contribution is -2.40. The van der Waals surface area contributed by atoms with Crippen LogP contribution >= 0.6 is 15.9 Å². The number of benzene rings is 1. The van der Waals surface area contributed by atoms with E-state index in [0.29, 0.717) is 12.1 Å². The summed E-state index contributed by atoms with van der Waals surface area (Å²) < 4.78 is 5.49. The number of alkyl halides is 1. The van der Waals surface area contributed by atoms with Gasteiger partial charge in [0.25, 0.3) is 5.91 Å². The molecule has 0 aliphatic heterocycles. The van der Waals surface area contributed by atoms with E-state index in [1.54, 1.807) is 6.26 Å². The van der Waals surface area contributed by atoms with Crippen molar-refractivity contribution in [2.45, 2.75) is 32.7 Å². The molecule has 0 fully saturated rings. The topological polar surface area (TPSA) is 33.5 Å². The molecule has 3 nitrogen and oxygen atoms in total. The molecule has 2 aromatic rings. The van der Waals surface area contributed by atoms with Crippen LogP contribution in [0.5, 0.6) is 0 Å². The molecule has 2 rings (SSSR count). The molecule has 0 atom stereocenters. The normalized spacial score (nSPS) is 11.2. The van der Waals surface area contributed by atoms with Crippen LogP contribution in [0, 0.1) is 0 Å². The summed E-state index contributed by atoms with van der Waals surface area (Å²) in [5.41, 5.74) is 1.42. The summed E-state index contributed by atoms with van der Waals surface area (Å²) >= 11 is 3.44. The number of rotatable bonds is 6. The van der Waals surface area contributed by atoms with E-state index >= 15 is 0 Å². The molecule has 1 aromatic heterocycles. The molecule has 0 aliphatic carbocycles. The van der Waals surface area contributed by atoms with Crippen molar-refractivity contribution in [2.24, 2.45) is 0 Å². The summed E-state index contributed by atoms with van der Waals surface area (Å²) in [7, 11) is 0. The smallest absolute Gasteiger partial charge is 0.258 e. The van der Waals surface area contributed by atoms with E-state index < -0.39 is 0 Å². The third kappa shape index (κ3) is 2.90. The summed E-state index contributed by atoms with van der Waals surface area (Å²) in [6.07, 6.45) is 3.51. The number of carbonyl (C=O) groups excluding carboxylic acids is 1. The fourth-order valence-corrected chi connectivity index (χ4v) is 2.95. The minimum Gasteiger partial charge on any atom is -0.463 e. The van der Waals surface area contributed by atoms with Crippen molar-refractivity contribution >= 4 is 32.8 Å². The molecule has 0 saturated carbocycles. The van der Waals surface area contributed by atoms with Crippen LogP contribution in [0.25, 0.3) is 11.0 Å². The molecule has 1 heterocycles. The first-order valence-electron chi connectivity index (χ1n) is 7.06. The van der Waals surface area contributed by atoms with E-state index in [9.17, 15) is 4.79 Å². The molecule has 0 radical (unpaired) electrons. The molecule has 20 heavy (non-hydrogen) atoms. The predicted molar refractivity (Wildman–Crippen MR) is 85.4 cm³/mol. The number of halogens is 1. The number of fused-ring (bicyclic) bond motifs is 1. The lowest BCUT2D eigenvalue weighted by atomic mass is 10.1. The van der Waals surface area contributed by atoms with Crippen molar-refractivity contribution in [3.63, 3.8) is 0 Å². The number of furan rings is 1. The van der Waals surface area contributed by atoms with Crippen molar-refractivity contribution in [2.75, 3.05) is 11.9 Å². The molecule has 0 aliphatic rings. The van der Waals surface area contributed by atoms with Crippen molar-refractivity contribution in [3.05, 3.63) is 36.1 Å². The Labute approximate surface area is 128 Å². The van der Waals surface area contributed by atoms with Crippen LogP contribution in [0.2, 0.25) is 0 Å². The van der Waals surface area contributed by atoms with Crippen LogP contribution in [0.3, 0.4) is 0 Å². The van der Waals surface area contributed by atoms with Gasteiger partial charge in [0.05, 0.1) is 5.56 Å². The Morgan fingerprint density at radius 3 is 2.65 bits per heavy atom. The van der Waals surface area contributed by atoms with Gasteiger partial charge in [-0.15, -0.1) is 0 Å². The van der Waals surface area contributed by atoms with Gasteiger partial charge in [-0.1, -0.05) is 48.0 Å². The Morgan fingerprint density at radius 2 is 2.00 bits per heavy atom. The van der Waals surface area contributed by atoms with Gasteiger partial charge in [0, 0.05) is 23.3 Å². The number of para-hydroxylation sites is 1. The zero-order valence-corrected chi connectivity index (χ0v) is 13.5. The summed E-state index contributed by atoms with van der Waals surface area (Å²) in [4.78, 5) is 14.8. The zero-order chi connectivity index (χ0) is 14.5. The molecule has 108 valence electrons. The Bertz CT molecular complexity index is 575. The zero-order valence-electron chi connectivity index (χ0n) is 11.9. The van der Waals surface area contributed by atoms with E-state index in [1.807, 2.05) is 29.2 Å². The van der Waals surface area contributed by atoms with Crippen LogP contribution < -0.4 is 0 Å². The molecular weight excluding hydrogens is 318 g/mol. The van der Waals surface area contributed by atoms with Gasteiger partial charge in [-0.3, -0.25) is 4.79 Å². The third-order valence-electron chi connectivity index (χ3n) is 3.68. The highest BCUT2D eigenvalue weighted by Crippen LogP contribution is 2.23. The van der Waals surface area contributed by atoms with Crippen molar-refractivity contribution in [1.82, 2.24) is 4.90 Å². The molecule has 1 amide bonds. The number of nitrogens with zero attached hydrogens (tertiary/aromatic N) is 1. The first-order chi connectivity index (χ1) is 9.72. The third-order valence-corrected chi connectivity index (χ3v) is 4.04. The van der Waals surface area contributed by atoms with E-state index in [2.05, 4.69) is 29.8 Å². The fraction of sp³-hybridized carbons (Fsp3) is 0.438. The highest BCUT2D eigenvalue weighted by molar-refractivity contribution is 9.09. The van der Waals surface area contributed by atoms with Gasteiger partial charge in [-0.05, 0) is 18.9 Å². The number of carbonyl (C=O) groups is 1. The number of amides is 1. The van der Waals surface area contributed by atoms with Crippen molar-refractivity contribution < 1.29 is 9.21 Å². The molecule has 4 heteroatoms. The quantitative estimate of drug-likeness (QED) is 0.729. The molecule has 0 saturated heterocycles. The van der Waals surface area contributed by atoms with E-state index in [0.717, 1.165) is 29.1 Å². The van der Waals surface area contributed by atoms with Crippen LogP contribution in [0.15, 0.2) is 34.9 Å². The van der Waals surface area contributed by atoms with Gasteiger partial charge in [0.1, 0.15) is 11.8 Å². The largest absolute Gasteiger partial charge is 0.463 e. The molecule has 0 N–H and O–H groups in total. The van der Waals surface area contributed by atoms with Gasteiger partial charge in [-0.25, -0.2) is 0 Å². The average molecular weight is 338 g/mol. The molecule has 0 bridgehead atoms. The van der Waals surface area contributed by atoms with E-state index in [-0.39, 0.29) is 11.9 Å². The Kier molecular flexibility index (Phi) is 5.24. The highest BCUT2D eigenvalue weighted by atomic mass is 79.9. The second-order valence-electron chi connectivity index (χ2n) is 4.80. The SMILES string of the molecule is CCC(CC)N(CCBr)C(=O)c1coc2ccccc12. The van der Waals surface area contributed by atoms with Crippen molar-refractivity contribution in [3.8, 4) is 0 Å². The Hall–Kier alpha value is -1.29. The summed E-state index contributed by atoms with van der Waals surface area (Å²) in [6, 6.07) is 7.94. The second-order valence-corrected chi connectivity index (χ2v) is 5.60. The van der Waals surface area contributed by atoms with Gasteiger partial charge in [0.2, 0.25) is 0 Å². The Morgan fingerprint density at radius 1 is 1.30 bits per heavy atom. The predicted octanol–water partition coefficient (Wildman–Crippen LogP) is 4.46. The standard InChI is InChI=1S/C16H20BrNO2/c1-3-12(4-2)18(10-9-17)16(19)14-11-20-15-8-6-5-7-13(14)15/h5-8,11-12H,3-4,9-10H2,1-2H3. The first kappa shape index (κ1) is 15.1. The van der Waals surface area contributed by atoms with Crippen LogP contribution in [0.1, 0.15) is 37.0 Å². The van der Waals surface area contributed by atoms with Gasteiger partial charge in [0.15, 0.2) is 0 Å². The summed E-state index contributed by atoms with van der Waals surface area (Å²) in [5, 5.41) is 1.67. The fourth-order valence-electron chi connectivity index (χ4n) is 2.57. The van der Waals surface area contributed by atoms with Gasteiger partial charge < -0.3 is 9.32 Å². The lowest BCUT2D eigenvalue weighted by molar-refractivity contribution is 0.0684. The minimum atomic E-state index is 0.0584. The van der Waals surface area contributed by atoms with Crippen LogP contribution in [0.4, 0.5) is 0 Å². The number of hydrogen-bond acceptors (Lipinski definition) is 2. The minimum absolute atomic E-state index is 0.0584. The lowest BCUT2D eigenvalue weighted by Gasteiger charge is -2.29. The molecule has 0 spiro atoms. The van der Waals surface area contributed by atoms with E-state index in [4.69, 9.17) is 4.42 Å². The monoisotopic (exact) mass is 337 g/mol. The van der Waals surface area contributed by atoms with E-state index in [1.165, 1.54) is 0 Å². The van der Waals surface area contributed by atoms with Crippen molar-refractivity contribution in [1.29, 1.82) is 0 Å². The maximum absolute atomic E-state index is 12.8. The first-order valence-corrected chi connectivity index (χ1v) is 8.18. The maximum atomic E-state index is 12.8. The molecular formula is C16H20BrNO2. The molecule has 1 aromatic carbocycles. The maximum Gasteiger partial charge on any atom is 0.258 e. The Balaban J connectivity index is 2.36.